The second-order valence-electron chi connectivity index (χ2n) is 6.00. The third-order valence-electron chi connectivity index (χ3n) is 4.43. The molecule has 6 nitrogen and oxygen atoms in total. The number of H-pyrrole nitrogens is 1. The average Bonchev–Trinajstić information content (AvgIpc) is 3.25. The Bertz CT molecular complexity index is 971. The lowest BCUT2D eigenvalue weighted by Crippen LogP contribution is -2.28. The van der Waals surface area contributed by atoms with Gasteiger partial charge >= 0.3 is 5.97 Å². The monoisotopic (exact) mass is 367 g/mol. The zero-order valence-corrected chi connectivity index (χ0v) is 15.0. The van der Waals surface area contributed by atoms with Gasteiger partial charge in [-0.1, -0.05) is 12.1 Å². The summed E-state index contributed by atoms with van der Waals surface area (Å²) in [5.74, 6) is 0.182. The molecule has 2 aromatic heterocycles. The van der Waals surface area contributed by atoms with Crippen molar-refractivity contribution in [2.24, 2.45) is 0 Å². The number of thioether (sulfide) groups is 1. The van der Waals surface area contributed by atoms with Gasteiger partial charge in [-0.05, 0) is 24.3 Å². The number of carbonyl (C=O) groups excluding carboxylic acids is 2. The molecular formula is C19H17N3O3S. The molecule has 1 aliphatic rings. The number of nitrogens with one attached hydrogen (secondary N) is 1. The van der Waals surface area contributed by atoms with Crippen LogP contribution in [0.25, 0.3) is 10.9 Å². The molecule has 0 aliphatic carbocycles. The fourth-order valence-corrected chi connectivity index (χ4v) is 4.36. The van der Waals surface area contributed by atoms with E-state index >= 15 is 0 Å². The van der Waals surface area contributed by atoms with E-state index in [1.165, 1.54) is 7.11 Å². The zero-order valence-electron chi connectivity index (χ0n) is 14.1. The molecule has 0 radical (unpaired) electrons. The predicted molar refractivity (Wildman–Crippen MR) is 99.6 cm³/mol. The summed E-state index contributed by atoms with van der Waals surface area (Å²) in [4.78, 5) is 33.5. The second-order valence-corrected chi connectivity index (χ2v) is 7.07. The van der Waals surface area contributed by atoms with Crippen LogP contribution in [-0.2, 0) is 16.1 Å². The second kappa shape index (κ2) is 6.84. The van der Waals surface area contributed by atoms with Crippen LogP contribution < -0.4 is 0 Å². The lowest BCUT2D eigenvalue weighted by atomic mass is 10.1. The highest BCUT2D eigenvalue weighted by atomic mass is 32.2. The van der Waals surface area contributed by atoms with Crippen molar-refractivity contribution >= 4 is 34.5 Å². The summed E-state index contributed by atoms with van der Waals surface area (Å²) in [7, 11) is 1.36. The number of fused-ring (bicyclic) bond motifs is 1. The first-order chi connectivity index (χ1) is 12.7. The molecule has 1 saturated heterocycles. The SMILES string of the molecule is COC(=O)c1ccc2c(C3SCC(=O)N3Cc3ccccn3)c[nH]c2c1. The number of aromatic nitrogens is 2. The number of ether oxygens (including phenoxy) is 1. The maximum atomic E-state index is 12.4. The lowest BCUT2D eigenvalue weighted by Gasteiger charge is -2.23. The predicted octanol–water partition coefficient (Wildman–Crippen LogP) is 3.12. The summed E-state index contributed by atoms with van der Waals surface area (Å²) < 4.78 is 4.77. The van der Waals surface area contributed by atoms with Crippen molar-refractivity contribution in [3.63, 3.8) is 0 Å². The summed E-state index contributed by atoms with van der Waals surface area (Å²) in [6, 6.07) is 11.1. The fraction of sp³-hybridized carbons (Fsp3) is 0.211. The molecule has 26 heavy (non-hydrogen) atoms. The minimum absolute atomic E-state index is 0.0813. The highest BCUT2D eigenvalue weighted by molar-refractivity contribution is 8.00. The van der Waals surface area contributed by atoms with Crippen LogP contribution in [0.15, 0.2) is 48.8 Å². The van der Waals surface area contributed by atoms with E-state index in [0.29, 0.717) is 17.9 Å². The number of pyridine rings is 1. The summed E-state index contributed by atoms with van der Waals surface area (Å²) >= 11 is 1.60. The van der Waals surface area contributed by atoms with E-state index in [1.807, 2.05) is 35.4 Å². The Hall–Kier alpha value is -2.80. The van der Waals surface area contributed by atoms with Gasteiger partial charge in [0.05, 0.1) is 30.7 Å². The normalized spacial score (nSPS) is 17.0. The quantitative estimate of drug-likeness (QED) is 0.717. The summed E-state index contributed by atoms with van der Waals surface area (Å²) in [6.45, 7) is 0.476. The molecule has 3 heterocycles. The molecule has 1 aliphatic heterocycles. The maximum absolute atomic E-state index is 12.4. The number of nitrogens with zero attached hydrogens (tertiary/aromatic N) is 2. The third kappa shape index (κ3) is 2.94. The number of hydrogen-bond donors (Lipinski definition) is 1. The molecule has 4 rings (SSSR count). The van der Waals surface area contributed by atoms with Crippen molar-refractivity contribution in [2.75, 3.05) is 12.9 Å². The van der Waals surface area contributed by atoms with Gasteiger partial charge in [0.2, 0.25) is 5.91 Å². The minimum Gasteiger partial charge on any atom is -0.465 e. The van der Waals surface area contributed by atoms with E-state index < -0.39 is 0 Å². The van der Waals surface area contributed by atoms with Crippen LogP contribution in [0.4, 0.5) is 0 Å². The average molecular weight is 367 g/mol. The number of rotatable bonds is 4. The van der Waals surface area contributed by atoms with Crippen LogP contribution in [0, 0.1) is 0 Å². The van der Waals surface area contributed by atoms with Crippen LogP contribution in [0.2, 0.25) is 0 Å². The Labute approximate surface area is 154 Å². The number of amides is 1. The molecule has 7 heteroatoms. The molecule has 1 aromatic carbocycles. The van der Waals surface area contributed by atoms with Crippen molar-refractivity contribution in [3.8, 4) is 0 Å². The summed E-state index contributed by atoms with van der Waals surface area (Å²) in [6.07, 6.45) is 3.64. The highest BCUT2D eigenvalue weighted by Gasteiger charge is 2.34. The highest BCUT2D eigenvalue weighted by Crippen LogP contribution is 2.42. The number of carbonyl (C=O) groups is 2. The van der Waals surface area contributed by atoms with Crippen molar-refractivity contribution < 1.29 is 14.3 Å². The van der Waals surface area contributed by atoms with Gasteiger partial charge in [0.15, 0.2) is 0 Å². The molecule has 1 amide bonds. The molecule has 0 spiro atoms. The fourth-order valence-electron chi connectivity index (χ4n) is 3.15. The first kappa shape index (κ1) is 16.7. The topological polar surface area (TPSA) is 75.3 Å². The van der Waals surface area contributed by atoms with Gasteiger partial charge in [0.25, 0.3) is 0 Å². The van der Waals surface area contributed by atoms with E-state index in [2.05, 4.69) is 9.97 Å². The van der Waals surface area contributed by atoms with Gasteiger partial charge in [-0.25, -0.2) is 4.79 Å². The van der Waals surface area contributed by atoms with Crippen LogP contribution in [0.3, 0.4) is 0 Å². The van der Waals surface area contributed by atoms with Crippen LogP contribution in [0.5, 0.6) is 0 Å². The molecule has 3 aromatic rings. The molecule has 1 N–H and O–H groups in total. The minimum atomic E-state index is -0.370. The van der Waals surface area contributed by atoms with Gasteiger partial charge in [-0.15, -0.1) is 11.8 Å². The van der Waals surface area contributed by atoms with Gasteiger partial charge in [-0.3, -0.25) is 9.78 Å². The van der Waals surface area contributed by atoms with Gasteiger partial charge in [0, 0.05) is 28.9 Å². The van der Waals surface area contributed by atoms with Crippen molar-refractivity contribution in [3.05, 3.63) is 65.6 Å². The molecule has 1 unspecified atom stereocenters. The molecule has 132 valence electrons. The Morgan fingerprint density at radius 2 is 2.27 bits per heavy atom. The Morgan fingerprint density at radius 3 is 3.04 bits per heavy atom. The Balaban J connectivity index is 1.67. The van der Waals surface area contributed by atoms with Crippen LogP contribution in [-0.4, -0.2) is 39.6 Å². The van der Waals surface area contributed by atoms with Gasteiger partial charge < -0.3 is 14.6 Å². The Kier molecular flexibility index (Phi) is 4.38. The standard InChI is InChI=1S/C19H17N3O3S/c1-25-19(24)12-5-6-14-15(9-21-16(14)8-12)18-22(17(23)11-26-18)10-13-4-2-3-7-20-13/h2-9,18,21H,10-11H2,1H3. The smallest absolute Gasteiger partial charge is 0.337 e. The number of benzene rings is 1. The number of methoxy groups -OCH3 is 1. The van der Waals surface area contributed by atoms with Crippen molar-refractivity contribution in [1.82, 2.24) is 14.9 Å². The molecule has 0 saturated carbocycles. The molecule has 0 bridgehead atoms. The largest absolute Gasteiger partial charge is 0.465 e. The van der Waals surface area contributed by atoms with Crippen molar-refractivity contribution in [1.29, 1.82) is 0 Å². The van der Waals surface area contributed by atoms with E-state index in [0.717, 1.165) is 22.2 Å². The van der Waals surface area contributed by atoms with Crippen molar-refractivity contribution in [2.45, 2.75) is 11.9 Å². The van der Waals surface area contributed by atoms with E-state index in [9.17, 15) is 9.59 Å². The number of hydrogen-bond acceptors (Lipinski definition) is 5. The van der Waals surface area contributed by atoms with Gasteiger partial charge in [-0.2, -0.15) is 0 Å². The summed E-state index contributed by atoms with van der Waals surface area (Å²) in [5, 5.41) is 0.915. The first-order valence-corrected chi connectivity index (χ1v) is 9.22. The maximum Gasteiger partial charge on any atom is 0.337 e. The third-order valence-corrected chi connectivity index (χ3v) is 5.67. The number of aromatic amines is 1. The van der Waals surface area contributed by atoms with Crippen LogP contribution >= 0.6 is 11.8 Å². The molecule has 1 atom stereocenters. The molecular weight excluding hydrogens is 350 g/mol. The van der Waals surface area contributed by atoms with E-state index in [-0.39, 0.29) is 17.3 Å². The molecule has 1 fully saturated rings. The van der Waals surface area contributed by atoms with E-state index in [4.69, 9.17) is 4.74 Å². The van der Waals surface area contributed by atoms with Crippen LogP contribution in [0.1, 0.15) is 27.0 Å². The number of esters is 1. The summed E-state index contributed by atoms with van der Waals surface area (Å²) in [5.41, 5.74) is 3.24. The zero-order chi connectivity index (χ0) is 18.1. The van der Waals surface area contributed by atoms with E-state index in [1.54, 1.807) is 30.1 Å². The Morgan fingerprint density at radius 1 is 1.38 bits per heavy atom. The first-order valence-electron chi connectivity index (χ1n) is 8.17. The lowest BCUT2D eigenvalue weighted by molar-refractivity contribution is -0.128. The van der Waals surface area contributed by atoms with Gasteiger partial charge in [0.1, 0.15) is 5.37 Å².